The summed E-state index contributed by atoms with van der Waals surface area (Å²) < 4.78 is 30.4. The summed E-state index contributed by atoms with van der Waals surface area (Å²) in [5, 5.41) is 3.43. The molecule has 3 heterocycles. The number of hydrogen-bond donors (Lipinski definition) is 2. The van der Waals surface area contributed by atoms with Crippen molar-refractivity contribution in [2.45, 2.75) is 25.2 Å². The predicted octanol–water partition coefficient (Wildman–Crippen LogP) is 6.60. The van der Waals surface area contributed by atoms with Crippen molar-refractivity contribution in [1.82, 2.24) is 19.9 Å². The van der Waals surface area contributed by atoms with Gasteiger partial charge in [0.15, 0.2) is 5.15 Å². The highest BCUT2D eigenvalue weighted by molar-refractivity contribution is 8.00. The van der Waals surface area contributed by atoms with Crippen LogP contribution in [0, 0.1) is 18.6 Å². The Morgan fingerprint density at radius 2 is 1.82 bits per heavy atom. The quantitative estimate of drug-likeness (QED) is 0.226. The lowest BCUT2D eigenvalue weighted by Crippen LogP contribution is -2.01. The van der Waals surface area contributed by atoms with Crippen LogP contribution in [-0.4, -0.2) is 19.9 Å². The fraction of sp³-hybridized carbons (Fsp3) is 0.130. The van der Waals surface area contributed by atoms with Gasteiger partial charge in [-0.1, -0.05) is 18.5 Å². The molecule has 0 aliphatic carbocycles. The van der Waals surface area contributed by atoms with Crippen molar-refractivity contribution in [2.75, 3.05) is 10.0 Å². The summed E-state index contributed by atoms with van der Waals surface area (Å²) in [6, 6.07) is 8.93. The van der Waals surface area contributed by atoms with Crippen LogP contribution in [0.25, 0.3) is 11.1 Å². The van der Waals surface area contributed by atoms with Crippen molar-refractivity contribution in [3.05, 3.63) is 83.2 Å². The largest absolute Gasteiger partial charge is 0.325 e. The summed E-state index contributed by atoms with van der Waals surface area (Å²) in [7, 11) is 0. The second-order valence-electron chi connectivity index (χ2n) is 6.99. The molecule has 33 heavy (non-hydrogen) atoms. The molecule has 4 rings (SSSR count). The zero-order valence-electron chi connectivity index (χ0n) is 17.7. The van der Waals surface area contributed by atoms with E-state index >= 15 is 0 Å². The topological polar surface area (TPSA) is 75.6 Å². The van der Waals surface area contributed by atoms with Crippen molar-refractivity contribution in [1.29, 1.82) is 0 Å². The Morgan fingerprint density at radius 1 is 1.00 bits per heavy atom. The third-order valence-corrected chi connectivity index (χ3v) is 5.90. The van der Waals surface area contributed by atoms with Gasteiger partial charge in [0.25, 0.3) is 0 Å². The van der Waals surface area contributed by atoms with Crippen molar-refractivity contribution in [2.24, 2.45) is 0 Å². The highest BCUT2D eigenvalue weighted by Crippen LogP contribution is 2.37. The number of aryl methyl sites for hydroxylation is 1. The highest BCUT2D eigenvalue weighted by Gasteiger charge is 2.16. The second kappa shape index (κ2) is 10.1. The molecule has 0 saturated heterocycles. The van der Waals surface area contributed by atoms with Gasteiger partial charge in [-0.05, 0) is 66.8 Å². The lowest BCUT2D eigenvalue weighted by Gasteiger charge is -2.16. The molecule has 6 nitrogen and oxygen atoms in total. The molecule has 0 aliphatic heterocycles. The molecule has 1 aromatic carbocycles. The molecule has 0 spiro atoms. The van der Waals surface area contributed by atoms with Gasteiger partial charge in [0.2, 0.25) is 0 Å². The van der Waals surface area contributed by atoms with Gasteiger partial charge in [-0.15, -0.1) is 0 Å². The van der Waals surface area contributed by atoms with E-state index in [0.717, 1.165) is 34.7 Å². The lowest BCUT2D eigenvalue weighted by molar-refractivity contribution is 0.566. The van der Waals surface area contributed by atoms with E-state index in [-0.39, 0.29) is 10.0 Å². The fourth-order valence-corrected chi connectivity index (χ4v) is 4.22. The Labute approximate surface area is 199 Å². The van der Waals surface area contributed by atoms with Gasteiger partial charge >= 0.3 is 0 Å². The minimum Gasteiger partial charge on any atom is -0.325 e. The Morgan fingerprint density at radius 3 is 2.58 bits per heavy atom. The molecule has 0 bridgehead atoms. The van der Waals surface area contributed by atoms with Gasteiger partial charge in [-0.3, -0.25) is 0 Å². The maximum atomic E-state index is 14.1. The van der Waals surface area contributed by atoms with Crippen LogP contribution >= 0.6 is 23.5 Å². The first-order valence-electron chi connectivity index (χ1n) is 10.0. The number of pyridine rings is 2. The molecular formula is C23H19ClF2N6S. The Balaban J connectivity index is 1.64. The number of anilines is 3. The predicted molar refractivity (Wildman–Crippen MR) is 128 cm³/mol. The van der Waals surface area contributed by atoms with E-state index in [0.29, 0.717) is 29.6 Å². The van der Waals surface area contributed by atoms with Crippen LogP contribution < -0.4 is 10.0 Å². The minimum atomic E-state index is -0.657. The summed E-state index contributed by atoms with van der Waals surface area (Å²) in [5.74, 6) is 0.608. The van der Waals surface area contributed by atoms with Crippen molar-refractivity contribution in [3.8, 4) is 11.1 Å². The molecule has 0 fully saturated rings. The third kappa shape index (κ3) is 5.37. The molecule has 10 heteroatoms. The van der Waals surface area contributed by atoms with E-state index in [1.807, 2.05) is 26.0 Å². The Kier molecular flexibility index (Phi) is 7.00. The number of halogens is 3. The molecule has 2 N–H and O–H groups in total. The van der Waals surface area contributed by atoms with Gasteiger partial charge in [-0.25, -0.2) is 28.7 Å². The Hall–Kier alpha value is -3.30. The lowest BCUT2D eigenvalue weighted by atomic mass is 10.00. The van der Waals surface area contributed by atoms with Crippen LogP contribution in [0.2, 0.25) is 5.15 Å². The van der Waals surface area contributed by atoms with Crippen LogP contribution in [0.5, 0.6) is 0 Å². The summed E-state index contributed by atoms with van der Waals surface area (Å²) in [5.41, 5.74) is 3.21. The molecule has 0 saturated carbocycles. The van der Waals surface area contributed by atoms with Gasteiger partial charge in [0.1, 0.15) is 29.1 Å². The zero-order valence-corrected chi connectivity index (χ0v) is 19.3. The monoisotopic (exact) mass is 484 g/mol. The zero-order chi connectivity index (χ0) is 23.4. The van der Waals surface area contributed by atoms with Crippen LogP contribution in [0.4, 0.5) is 26.1 Å². The van der Waals surface area contributed by atoms with Gasteiger partial charge < -0.3 is 10.0 Å². The number of aromatic nitrogens is 4. The Bertz CT molecular complexity index is 1300. The number of nitrogens with one attached hydrogen (secondary N) is 2. The number of hydrogen-bond acceptors (Lipinski definition) is 7. The molecule has 0 atom stereocenters. The first kappa shape index (κ1) is 22.9. The molecular weight excluding hydrogens is 466 g/mol. The van der Waals surface area contributed by atoms with E-state index in [9.17, 15) is 8.78 Å². The van der Waals surface area contributed by atoms with Crippen LogP contribution in [0.3, 0.4) is 0 Å². The molecule has 0 aliphatic rings. The second-order valence-corrected chi connectivity index (χ2v) is 8.20. The molecule has 0 radical (unpaired) electrons. The SMILES string of the molecule is CCc1c(-c2ccnc(Nc3ccnc(C)n3)c2)cnc(Cl)c1NSc1ccc(F)cc1F. The van der Waals surface area contributed by atoms with E-state index in [4.69, 9.17) is 11.6 Å². The van der Waals surface area contributed by atoms with Crippen LogP contribution in [0.1, 0.15) is 18.3 Å². The summed E-state index contributed by atoms with van der Waals surface area (Å²) in [4.78, 5) is 17.4. The normalized spacial score (nSPS) is 10.8. The third-order valence-electron chi connectivity index (χ3n) is 4.75. The van der Waals surface area contributed by atoms with Gasteiger partial charge in [0.05, 0.1) is 10.6 Å². The first-order chi connectivity index (χ1) is 15.9. The number of benzene rings is 1. The average Bonchev–Trinajstić information content (AvgIpc) is 2.79. The van der Waals surface area contributed by atoms with E-state index in [2.05, 4.69) is 30.0 Å². The smallest absolute Gasteiger partial charge is 0.153 e. The number of rotatable bonds is 7. The van der Waals surface area contributed by atoms with Crippen LogP contribution in [0.15, 0.2) is 59.9 Å². The minimum absolute atomic E-state index is 0.246. The van der Waals surface area contributed by atoms with Crippen molar-refractivity contribution in [3.63, 3.8) is 0 Å². The molecule has 3 aromatic heterocycles. The first-order valence-corrected chi connectivity index (χ1v) is 11.2. The molecule has 0 unspecified atom stereocenters. The summed E-state index contributed by atoms with van der Waals surface area (Å²) in [6.07, 6.45) is 5.70. The van der Waals surface area contributed by atoms with Gasteiger partial charge in [0, 0.05) is 30.2 Å². The molecule has 0 amide bonds. The highest BCUT2D eigenvalue weighted by atomic mass is 35.5. The average molecular weight is 485 g/mol. The fourth-order valence-electron chi connectivity index (χ4n) is 3.23. The summed E-state index contributed by atoms with van der Waals surface area (Å²) in [6.45, 7) is 3.81. The van der Waals surface area contributed by atoms with Crippen molar-refractivity contribution < 1.29 is 8.78 Å². The number of nitrogens with zero attached hydrogens (tertiary/aromatic N) is 4. The van der Waals surface area contributed by atoms with E-state index in [1.54, 1.807) is 24.7 Å². The maximum absolute atomic E-state index is 14.1. The summed E-state index contributed by atoms with van der Waals surface area (Å²) >= 11 is 7.38. The van der Waals surface area contributed by atoms with Gasteiger partial charge in [-0.2, -0.15) is 0 Å². The van der Waals surface area contributed by atoms with Crippen LogP contribution in [-0.2, 0) is 6.42 Å². The molecule has 4 aromatic rings. The standard InChI is InChI=1S/C23H19ClF2N6S/c1-3-16-17(14-6-8-28-21(10-14)31-20-7-9-27-13(2)30-20)12-29-23(24)22(16)32-33-19-5-4-15(25)11-18(19)26/h4-12,32H,3H2,1-2H3,(H,27,28,30,31). The van der Waals surface area contributed by atoms with E-state index in [1.165, 1.54) is 12.1 Å². The van der Waals surface area contributed by atoms with Crippen molar-refractivity contribution >= 4 is 40.9 Å². The molecule has 168 valence electrons. The van der Waals surface area contributed by atoms with E-state index < -0.39 is 11.6 Å². The maximum Gasteiger partial charge on any atom is 0.153 e.